The van der Waals surface area contributed by atoms with Crippen molar-refractivity contribution in [3.05, 3.63) is 34.1 Å². The number of nitro groups is 1. The Kier molecular flexibility index (Phi) is 4.31. The predicted molar refractivity (Wildman–Crippen MR) is 81.1 cm³/mol. The molecule has 0 N–H and O–H groups in total. The maximum Gasteiger partial charge on any atom is 0.311 e. The average Bonchev–Trinajstić information content (AvgIpc) is 2.78. The van der Waals surface area contributed by atoms with Crippen LogP contribution in [0.4, 0.5) is 5.69 Å². The van der Waals surface area contributed by atoms with Crippen LogP contribution in [0.1, 0.15) is 5.82 Å². The molecule has 1 aromatic heterocycles. The molecule has 0 aliphatic carbocycles. The molecule has 0 bridgehead atoms. The topological polar surface area (TPSA) is 83.1 Å². The number of aromatic nitrogens is 3. The number of hydrogen-bond donors (Lipinski definition) is 0. The maximum absolute atomic E-state index is 11.0. The minimum absolute atomic E-state index is 0.0917. The molecule has 100 valence electrons. The summed E-state index contributed by atoms with van der Waals surface area (Å²) < 4.78 is 6.89. The standard InChI is InChI=1S/C10H10IN4O3P/c1-6-12-10(13-14(6)19-11)7-4-3-5-8(15(16)17)9(7)18-2/h3-5,19H,1-2H3. The zero-order chi connectivity index (χ0) is 14.0. The highest BCUT2D eigenvalue weighted by Gasteiger charge is 2.21. The largest absolute Gasteiger partial charge is 0.490 e. The van der Waals surface area contributed by atoms with E-state index < -0.39 is 4.92 Å². The fourth-order valence-electron chi connectivity index (χ4n) is 1.64. The normalized spacial score (nSPS) is 11.1. The lowest BCUT2D eigenvalue weighted by Crippen LogP contribution is -1.96. The summed E-state index contributed by atoms with van der Waals surface area (Å²) in [6.45, 7) is 1.84. The Morgan fingerprint density at radius 2 is 2.26 bits per heavy atom. The van der Waals surface area contributed by atoms with E-state index in [1.165, 1.54) is 13.2 Å². The molecule has 0 radical (unpaired) electrons. The number of benzene rings is 1. The van der Waals surface area contributed by atoms with Gasteiger partial charge in [-0.3, -0.25) is 10.1 Å². The van der Waals surface area contributed by atoms with Gasteiger partial charge in [-0.15, -0.1) is 5.10 Å². The first-order valence-corrected chi connectivity index (χ1v) is 9.26. The Balaban J connectivity index is 2.61. The number of nitro benzene ring substituents is 1. The smallest absolute Gasteiger partial charge is 0.311 e. The summed E-state index contributed by atoms with van der Waals surface area (Å²) in [5.41, 5.74) is 0.430. The number of nitrogens with zero attached hydrogens (tertiary/aromatic N) is 4. The highest BCUT2D eigenvalue weighted by atomic mass is 127. The zero-order valence-corrected chi connectivity index (χ0v) is 13.3. The van der Waals surface area contributed by atoms with Crippen LogP contribution in [0.3, 0.4) is 0 Å². The van der Waals surface area contributed by atoms with E-state index in [-0.39, 0.29) is 11.4 Å². The van der Waals surface area contributed by atoms with Crippen LogP contribution in [0.15, 0.2) is 18.2 Å². The van der Waals surface area contributed by atoms with Crippen molar-refractivity contribution in [2.45, 2.75) is 6.92 Å². The van der Waals surface area contributed by atoms with Crippen LogP contribution in [0, 0.1) is 17.0 Å². The predicted octanol–water partition coefficient (Wildman–Crippen LogP) is 2.96. The minimum Gasteiger partial charge on any atom is -0.490 e. The van der Waals surface area contributed by atoms with Gasteiger partial charge in [0.25, 0.3) is 0 Å². The second-order valence-electron chi connectivity index (χ2n) is 3.59. The van der Waals surface area contributed by atoms with Crippen LogP contribution in [-0.4, -0.2) is 26.6 Å². The Bertz CT molecular complexity index is 631. The molecule has 7 nitrogen and oxygen atoms in total. The van der Waals surface area contributed by atoms with Crippen molar-refractivity contribution in [3.63, 3.8) is 0 Å². The zero-order valence-electron chi connectivity index (χ0n) is 10.1. The summed E-state index contributed by atoms with van der Waals surface area (Å²) >= 11 is 2.20. The molecular formula is C10H10IN4O3P. The number of rotatable bonds is 4. The van der Waals surface area contributed by atoms with Gasteiger partial charge in [0.2, 0.25) is 5.75 Å². The number of hydrogen-bond acceptors (Lipinski definition) is 5. The molecule has 2 aromatic rings. The number of para-hydroxylation sites is 1. The van der Waals surface area contributed by atoms with Gasteiger partial charge >= 0.3 is 5.69 Å². The van der Waals surface area contributed by atoms with Crippen LogP contribution in [0.5, 0.6) is 5.75 Å². The van der Waals surface area contributed by atoms with Gasteiger partial charge in [0.05, 0.1) is 24.0 Å². The third kappa shape index (κ3) is 2.69. The Labute approximate surface area is 123 Å². The fourth-order valence-corrected chi connectivity index (χ4v) is 3.32. The number of aryl methyl sites for hydroxylation is 1. The Morgan fingerprint density at radius 1 is 1.53 bits per heavy atom. The van der Waals surface area contributed by atoms with E-state index in [2.05, 4.69) is 32.1 Å². The first-order chi connectivity index (χ1) is 9.08. The van der Waals surface area contributed by atoms with Gasteiger partial charge in [0.1, 0.15) is 5.82 Å². The molecule has 0 spiro atoms. The molecule has 0 saturated heterocycles. The summed E-state index contributed by atoms with van der Waals surface area (Å²) in [6, 6.07) is 4.70. The molecule has 2 rings (SSSR count). The first kappa shape index (κ1) is 14.1. The third-order valence-corrected chi connectivity index (χ3v) is 4.44. The molecule has 1 atom stereocenters. The Hall–Kier alpha value is -1.28. The van der Waals surface area contributed by atoms with Crippen molar-refractivity contribution < 1.29 is 9.66 Å². The van der Waals surface area contributed by atoms with Gasteiger partial charge in [0.15, 0.2) is 5.82 Å². The minimum atomic E-state index is -0.480. The fraction of sp³-hybridized carbons (Fsp3) is 0.200. The average molecular weight is 392 g/mol. The quantitative estimate of drug-likeness (QED) is 0.346. The second-order valence-corrected chi connectivity index (χ2v) is 5.63. The van der Waals surface area contributed by atoms with Crippen LogP contribution >= 0.6 is 28.4 Å². The lowest BCUT2D eigenvalue weighted by Gasteiger charge is -2.05. The van der Waals surface area contributed by atoms with Crippen LogP contribution in [-0.2, 0) is 0 Å². The summed E-state index contributed by atoms with van der Waals surface area (Å²) in [6.07, 6.45) is 0.423. The highest BCUT2D eigenvalue weighted by Crippen LogP contribution is 2.37. The van der Waals surface area contributed by atoms with Crippen LogP contribution < -0.4 is 4.74 Å². The SMILES string of the molecule is COc1c(-c2nc(C)n(PI)n2)cccc1[N+](=O)[O-]. The van der Waals surface area contributed by atoms with Crippen molar-refractivity contribution in [2.24, 2.45) is 0 Å². The van der Waals surface area contributed by atoms with E-state index >= 15 is 0 Å². The monoisotopic (exact) mass is 392 g/mol. The molecule has 0 aliphatic rings. The van der Waals surface area contributed by atoms with E-state index in [4.69, 9.17) is 4.74 Å². The lowest BCUT2D eigenvalue weighted by atomic mass is 10.1. The van der Waals surface area contributed by atoms with Crippen molar-refractivity contribution in [2.75, 3.05) is 7.11 Å². The molecule has 9 heteroatoms. The molecule has 1 unspecified atom stereocenters. The molecule has 19 heavy (non-hydrogen) atoms. The molecule has 0 saturated carbocycles. The van der Waals surface area contributed by atoms with Crippen LogP contribution in [0.2, 0.25) is 0 Å². The number of methoxy groups -OCH3 is 1. The molecule has 0 fully saturated rings. The van der Waals surface area contributed by atoms with Gasteiger partial charge in [-0.2, -0.15) is 0 Å². The Morgan fingerprint density at radius 3 is 2.79 bits per heavy atom. The van der Waals surface area contributed by atoms with Crippen molar-refractivity contribution in [3.8, 4) is 17.1 Å². The van der Waals surface area contributed by atoms with E-state index in [0.29, 0.717) is 17.8 Å². The maximum atomic E-state index is 11.0. The van der Waals surface area contributed by atoms with Gasteiger partial charge in [-0.1, -0.05) is 6.07 Å². The molecule has 0 amide bonds. The number of ether oxygens (including phenoxy) is 1. The van der Waals surface area contributed by atoms with Gasteiger partial charge in [-0.05, 0) is 35.0 Å². The van der Waals surface area contributed by atoms with Crippen molar-refractivity contribution in [1.29, 1.82) is 0 Å². The summed E-state index contributed by atoms with van der Waals surface area (Å²) in [5.74, 6) is 1.37. The summed E-state index contributed by atoms with van der Waals surface area (Å²) in [4.78, 5) is 14.8. The summed E-state index contributed by atoms with van der Waals surface area (Å²) in [7, 11) is 1.40. The van der Waals surface area contributed by atoms with Gasteiger partial charge in [0, 0.05) is 6.07 Å². The molecular weight excluding hydrogens is 382 g/mol. The first-order valence-electron chi connectivity index (χ1n) is 5.20. The highest BCUT2D eigenvalue weighted by molar-refractivity contribution is 14.2. The molecule has 1 aromatic carbocycles. The lowest BCUT2D eigenvalue weighted by molar-refractivity contribution is -0.385. The molecule has 0 aliphatic heterocycles. The van der Waals surface area contributed by atoms with E-state index in [1.807, 2.05) is 6.92 Å². The van der Waals surface area contributed by atoms with Crippen molar-refractivity contribution >= 4 is 34.1 Å². The second kappa shape index (κ2) is 5.79. The van der Waals surface area contributed by atoms with Gasteiger partial charge < -0.3 is 4.74 Å². The summed E-state index contributed by atoms with van der Waals surface area (Å²) in [5, 5.41) is 15.3. The third-order valence-electron chi connectivity index (χ3n) is 2.48. The van der Waals surface area contributed by atoms with Crippen molar-refractivity contribution in [1.82, 2.24) is 14.5 Å². The van der Waals surface area contributed by atoms with E-state index in [9.17, 15) is 10.1 Å². The van der Waals surface area contributed by atoms with Crippen LogP contribution in [0.25, 0.3) is 11.4 Å². The molecule has 1 heterocycles. The van der Waals surface area contributed by atoms with E-state index in [0.717, 1.165) is 5.82 Å². The number of halogens is 1. The van der Waals surface area contributed by atoms with E-state index in [1.54, 1.807) is 16.6 Å². The van der Waals surface area contributed by atoms with Gasteiger partial charge in [-0.25, -0.2) is 9.44 Å².